The first-order valence-electron chi connectivity index (χ1n) is 9.53. The van der Waals surface area contributed by atoms with E-state index in [1.54, 1.807) is 42.5 Å². The number of primary amides is 1. The van der Waals surface area contributed by atoms with Crippen LogP contribution in [0.1, 0.15) is 27.5 Å². The van der Waals surface area contributed by atoms with E-state index >= 15 is 0 Å². The first-order valence-corrected chi connectivity index (χ1v) is 11.0. The highest BCUT2D eigenvalue weighted by atomic mass is 32.2. The van der Waals surface area contributed by atoms with Crippen molar-refractivity contribution in [2.24, 2.45) is 5.73 Å². The molecule has 0 bridgehead atoms. The zero-order valence-electron chi connectivity index (χ0n) is 17.1. The van der Waals surface area contributed by atoms with Crippen LogP contribution in [0.25, 0.3) is 0 Å². The molecule has 166 valence electrons. The Balaban J connectivity index is 2.09. The number of hydrogen-bond acceptors (Lipinski definition) is 5. The van der Waals surface area contributed by atoms with Gasteiger partial charge in [-0.25, -0.2) is 17.6 Å². The number of nitrogens with two attached hydrogens (primary N) is 1. The molecule has 32 heavy (non-hydrogen) atoms. The molecule has 1 unspecified atom stereocenters. The van der Waals surface area contributed by atoms with E-state index in [4.69, 9.17) is 5.73 Å². The van der Waals surface area contributed by atoms with E-state index in [0.29, 0.717) is 16.7 Å². The highest BCUT2D eigenvalue weighted by Crippen LogP contribution is 2.30. The smallest absolute Gasteiger partial charge is 0.337 e. The number of amides is 1. The van der Waals surface area contributed by atoms with Crippen LogP contribution < -0.4 is 5.73 Å². The Morgan fingerprint density at radius 3 is 2.09 bits per heavy atom. The lowest BCUT2D eigenvalue weighted by molar-refractivity contribution is -0.122. The normalized spacial score (nSPS) is 12.3. The largest absolute Gasteiger partial charge is 0.465 e. The number of nitrogens with zero attached hydrogens (tertiary/aromatic N) is 1. The zero-order chi connectivity index (χ0) is 23.3. The van der Waals surface area contributed by atoms with Gasteiger partial charge in [-0.05, 0) is 47.5 Å². The first kappa shape index (κ1) is 23.1. The van der Waals surface area contributed by atoms with Crippen LogP contribution in [0.4, 0.5) is 4.39 Å². The number of carbonyl (C=O) groups is 2. The first-order chi connectivity index (χ1) is 15.2. The molecule has 2 N–H and O–H groups in total. The summed E-state index contributed by atoms with van der Waals surface area (Å²) in [7, 11) is -3.01. The minimum Gasteiger partial charge on any atom is -0.465 e. The van der Waals surface area contributed by atoms with Gasteiger partial charge in [-0.15, -0.1) is 0 Å². The van der Waals surface area contributed by atoms with Gasteiger partial charge in [-0.3, -0.25) is 4.79 Å². The van der Waals surface area contributed by atoms with Crippen LogP contribution in [0, 0.1) is 5.82 Å². The van der Waals surface area contributed by atoms with Crippen LogP contribution >= 0.6 is 0 Å². The Bertz CT molecular complexity index is 1200. The van der Waals surface area contributed by atoms with Crippen molar-refractivity contribution in [3.63, 3.8) is 0 Å². The molecule has 1 atom stereocenters. The van der Waals surface area contributed by atoms with Gasteiger partial charge < -0.3 is 10.5 Å². The van der Waals surface area contributed by atoms with E-state index in [1.165, 1.54) is 19.2 Å². The third kappa shape index (κ3) is 5.01. The Labute approximate surface area is 185 Å². The van der Waals surface area contributed by atoms with E-state index in [-0.39, 0.29) is 11.4 Å². The molecule has 7 nitrogen and oxygen atoms in total. The topological polar surface area (TPSA) is 107 Å². The molecule has 9 heteroatoms. The van der Waals surface area contributed by atoms with Crippen molar-refractivity contribution in [2.45, 2.75) is 17.5 Å². The molecule has 0 spiro atoms. The zero-order valence-corrected chi connectivity index (χ0v) is 18.0. The van der Waals surface area contributed by atoms with E-state index in [0.717, 1.165) is 28.6 Å². The fourth-order valence-electron chi connectivity index (χ4n) is 3.21. The number of hydrogen-bond donors (Lipinski definition) is 1. The summed E-state index contributed by atoms with van der Waals surface area (Å²) in [4.78, 5) is 23.9. The molecule has 3 rings (SSSR count). The average Bonchev–Trinajstić information content (AvgIpc) is 2.79. The molecular formula is C23H21FN2O5S. The highest BCUT2D eigenvalue weighted by molar-refractivity contribution is 7.89. The van der Waals surface area contributed by atoms with Crippen molar-refractivity contribution in [3.8, 4) is 0 Å². The number of esters is 1. The Hall–Kier alpha value is -3.56. The summed E-state index contributed by atoms with van der Waals surface area (Å²) in [6.45, 7) is -0.219. The van der Waals surface area contributed by atoms with Gasteiger partial charge in [-0.1, -0.05) is 42.5 Å². The second-order valence-corrected chi connectivity index (χ2v) is 8.80. The average molecular weight is 456 g/mol. The Kier molecular flexibility index (Phi) is 7.01. The second-order valence-electron chi connectivity index (χ2n) is 6.91. The Morgan fingerprint density at radius 2 is 1.56 bits per heavy atom. The minimum absolute atomic E-state index is 0.188. The number of benzene rings is 3. The predicted molar refractivity (Wildman–Crippen MR) is 115 cm³/mol. The number of sulfonamides is 1. The van der Waals surface area contributed by atoms with Crippen LogP contribution in [0.3, 0.4) is 0 Å². The van der Waals surface area contributed by atoms with Gasteiger partial charge in [0.25, 0.3) is 0 Å². The summed E-state index contributed by atoms with van der Waals surface area (Å²) in [6, 6.07) is 17.3. The SMILES string of the molecule is COC(=O)c1ccc(CN(C(C(N)=O)c2ccccc2)S(=O)(=O)c2ccc(F)cc2)cc1. The fourth-order valence-corrected chi connectivity index (χ4v) is 4.78. The third-order valence-corrected chi connectivity index (χ3v) is 6.63. The minimum atomic E-state index is -4.27. The molecular weight excluding hydrogens is 435 g/mol. The molecule has 0 fully saturated rings. The highest BCUT2D eigenvalue weighted by Gasteiger charge is 2.36. The molecule has 0 aliphatic rings. The lowest BCUT2D eigenvalue weighted by Gasteiger charge is -2.29. The number of rotatable bonds is 8. The van der Waals surface area contributed by atoms with Gasteiger partial charge in [-0.2, -0.15) is 4.31 Å². The number of carbonyl (C=O) groups excluding carboxylic acids is 2. The van der Waals surface area contributed by atoms with Crippen molar-refractivity contribution in [2.75, 3.05) is 7.11 Å². The summed E-state index contributed by atoms with van der Waals surface area (Å²) >= 11 is 0. The van der Waals surface area contributed by atoms with Crippen LogP contribution in [-0.4, -0.2) is 31.7 Å². The summed E-state index contributed by atoms with van der Waals surface area (Å²) in [6.07, 6.45) is 0. The van der Waals surface area contributed by atoms with Gasteiger partial charge in [0.1, 0.15) is 11.9 Å². The quantitative estimate of drug-likeness (QED) is 0.525. The second kappa shape index (κ2) is 9.71. The van der Waals surface area contributed by atoms with E-state index in [1.807, 2.05) is 0 Å². The van der Waals surface area contributed by atoms with E-state index < -0.39 is 33.8 Å². The summed E-state index contributed by atoms with van der Waals surface area (Å²) < 4.78 is 46.0. The van der Waals surface area contributed by atoms with Crippen molar-refractivity contribution in [1.29, 1.82) is 0 Å². The maximum Gasteiger partial charge on any atom is 0.337 e. The molecule has 0 saturated carbocycles. The molecule has 0 saturated heterocycles. The molecule has 0 aliphatic heterocycles. The van der Waals surface area contributed by atoms with Gasteiger partial charge in [0.05, 0.1) is 17.6 Å². The standard InChI is InChI=1S/C23H21FN2O5S/c1-31-23(28)18-9-7-16(8-10-18)15-26(21(22(25)27)17-5-3-2-4-6-17)32(29,30)20-13-11-19(24)12-14-20/h2-14,21H,15H2,1H3,(H2,25,27). The fraction of sp³-hybridized carbons (Fsp3) is 0.130. The van der Waals surface area contributed by atoms with E-state index in [9.17, 15) is 22.4 Å². The maximum absolute atomic E-state index is 13.5. The lowest BCUT2D eigenvalue weighted by Crippen LogP contribution is -2.41. The molecule has 3 aromatic rings. The summed E-state index contributed by atoms with van der Waals surface area (Å²) in [5.41, 5.74) is 6.82. The molecule has 0 aliphatic carbocycles. The molecule has 1 amide bonds. The monoisotopic (exact) mass is 456 g/mol. The van der Waals surface area contributed by atoms with Crippen LogP contribution in [0.5, 0.6) is 0 Å². The number of halogens is 1. The maximum atomic E-state index is 13.5. The summed E-state index contributed by atoms with van der Waals surface area (Å²) in [5.74, 6) is -2.00. The Morgan fingerprint density at radius 1 is 0.969 bits per heavy atom. The van der Waals surface area contributed by atoms with Gasteiger partial charge in [0.15, 0.2) is 0 Å². The van der Waals surface area contributed by atoms with Gasteiger partial charge in [0.2, 0.25) is 15.9 Å². The van der Waals surface area contributed by atoms with Crippen LogP contribution in [-0.2, 0) is 26.1 Å². The van der Waals surface area contributed by atoms with Gasteiger partial charge >= 0.3 is 5.97 Å². The van der Waals surface area contributed by atoms with E-state index in [2.05, 4.69) is 4.74 Å². The van der Waals surface area contributed by atoms with Crippen molar-refractivity contribution >= 4 is 21.9 Å². The predicted octanol–water partition coefficient (Wildman–Crippen LogP) is 3.03. The van der Waals surface area contributed by atoms with Crippen molar-refractivity contribution in [1.82, 2.24) is 4.31 Å². The molecule has 3 aromatic carbocycles. The molecule has 0 aromatic heterocycles. The third-order valence-electron chi connectivity index (χ3n) is 4.81. The van der Waals surface area contributed by atoms with Crippen LogP contribution in [0.2, 0.25) is 0 Å². The van der Waals surface area contributed by atoms with Crippen molar-refractivity contribution < 1.29 is 27.1 Å². The summed E-state index contributed by atoms with van der Waals surface area (Å²) in [5, 5.41) is 0. The van der Waals surface area contributed by atoms with Crippen molar-refractivity contribution in [3.05, 3.63) is 101 Å². The molecule has 0 radical (unpaired) electrons. The molecule has 0 heterocycles. The lowest BCUT2D eigenvalue weighted by atomic mass is 10.1. The van der Waals surface area contributed by atoms with Crippen LogP contribution in [0.15, 0.2) is 83.8 Å². The van der Waals surface area contributed by atoms with Gasteiger partial charge in [0, 0.05) is 6.54 Å². The number of ether oxygens (including phenoxy) is 1. The number of methoxy groups -OCH3 is 1.